The fourth-order valence-corrected chi connectivity index (χ4v) is 4.91. The van der Waals surface area contributed by atoms with Gasteiger partial charge in [0.15, 0.2) is 0 Å². The molecule has 0 aromatic heterocycles. The maximum absolute atomic E-state index is 12.4. The Morgan fingerprint density at radius 2 is 1.56 bits per heavy atom. The van der Waals surface area contributed by atoms with E-state index in [9.17, 15) is 19.2 Å². The molecule has 4 atom stereocenters. The summed E-state index contributed by atoms with van der Waals surface area (Å²) < 4.78 is 0. The van der Waals surface area contributed by atoms with Gasteiger partial charge in [-0.25, -0.2) is 4.79 Å². The van der Waals surface area contributed by atoms with Crippen LogP contribution in [0.4, 0.5) is 4.79 Å². The lowest BCUT2D eigenvalue weighted by Crippen LogP contribution is -2.51. The Morgan fingerprint density at radius 1 is 0.941 bits per heavy atom. The average molecular weight is 479 g/mol. The molecular weight excluding hydrogens is 436 g/mol. The summed E-state index contributed by atoms with van der Waals surface area (Å²) in [6, 6.07) is -0.242. The SMILES string of the molecule is C=CC[C@H](CC(=O)O)NC(=O)C(C)CC(=O)NC1CCC(NC(=O)NC2CCCCC2C)CC1. The van der Waals surface area contributed by atoms with E-state index >= 15 is 0 Å². The van der Waals surface area contributed by atoms with Crippen LogP contribution >= 0.6 is 0 Å². The van der Waals surface area contributed by atoms with E-state index in [1.807, 2.05) is 0 Å². The van der Waals surface area contributed by atoms with E-state index in [1.54, 1.807) is 13.0 Å². The molecule has 2 saturated carbocycles. The summed E-state index contributed by atoms with van der Waals surface area (Å²) in [6.45, 7) is 7.44. The van der Waals surface area contributed by atoms with Crippen LogP contribution in [0.2, 0.25) is 0 Å². The first-order valence-corrected chi connectivity index (χ1v) is 12.7. The number of aliphatic carboxylic acids is 1. The average Bonchev–Trinajstić information content (AvgIpc) is 2.76. The molecule has 2 aliphatic carbocycles. The Balaban J connectivity index is 1.67. The smallest absolute Gasteiger partial charge is 0.315 e. The van der Waals surface area contributed by atoms with Gasteiger partial charge in [-0.2, -0.15) is 0 Å². The molecule has 9 nitrogen and oxygen atoms in total. The second-order valence-electron chi connectivity index (χ2n) is 10.0. The quantitative estimate of drug-likeness (QED) is 0.291. The molecule has 0 saturated heterocycles. The van der Waals surface area contributed by atoms with E-state index < -0.39 is 17.9 Å². The van der Waals surface area contributed by atoms with Gasteiger partial charge in [-0.3, -0.25) is 14.4 Å². The number of carboxylic acid groups (broad SMARTS) is 1. The van der Waals surface area contributed by atoms with Crippen molar-refractivity contribution in [1.29, 1.82) is 0 Å². The van der Waals surface area contributed by atoms with Crippen LogP contribution in [-0.4, -0.2) is 53.1 Å². The first kappa shape index (κ1) is 27.7. The Morgan fingerprint density at radius 3 is 2.15 bits per heavy atom. The summed E-state index contributed by atoms with van der Waals surface area (Å²) in [5.41, 5.74) is 0. The van der Waals surface area contributed by atoms with E-state index in [0.29, 0.717) is 12.3 Å². The van der Waals surface area contributed by atoms with Gasteiger partial charge in [0.25, 0.3) is 0 Å². The van der Waals surface area contributed by atoms with Gasteiger partial charge < -0.3 is 26.4 Å². The van der Waals surface area contributed by atoms with Gasteiger partial charge in [0.2, 0.25) is 11.8 Å². The van der Waals surface area contributed by atoms with E-state index in [-0.39, 0.29) is 48.8 Å². The lowest BCUT2D eigenvalue weighted by atomic mass is 9.86. The molecular formula is C25H42N4O5. The summed E-state index contributed by atoms with van der Waals surface area (Å²) in [6.07, 6.45) is 9.52. The van der Waals surface area contributed by atoms with E-state index in [1.165, 1.54) is 6.42 Å². The number of rotatable bonds is 11. The highest BCUT2D eigenvalue weighted by Crippen LogP contribution is 2.24. The third kappa shape index (κ3) is 9.73. The molecule has 4 amide bonds. The van der Waals surface area contributed by atoms with Gasteiger partial charge >= 0.3 is 12.0 Å². The molecule has 0 aromatic carbocycles. The number of carbonyl (C=O) groups is 4. The number of amides is 4. The fourth-order valence-electron chi connectivity index (χ4n) is 4.91. The van der Waals surface area contributed by atoms with Crippen LogP contribution in [0, 0.1) is 11.8 Å². The van der Waals surface area contributed by atoms with Crippen molar-refractivity contribution in [2.75, 3.05) is 0 Å². The molecule has 2 fully saturated rings. The lowest BCUT2D eigenvalue weighted by Gasteiger charge is -2.32. The topological polar surface area (TPSA) is 137 Å². The molecule has 0 spiro atoms. The number of urea groups is 1. The number of carboxylic acids is 1. The molecule has 34 heavy (non-hydrogen) atoms. The van der Waals surface area contributed by atoms with Crippen molar-refractivity contribution in [3.63, 3.8) is 0 Å². The van der Waals surface area contributed by atoms with E-state index in [0.717, 1.165) is 44.9 Å². The van der Waals surface area contributed by atoms with Gasteiger partial charge in [0.1, 0.15) is 0 Å². The Hall–Kier alpha value is -2.58. The summed E-state index contributed by atoms with van der Waals surface area (Å²) in [5, 5.41) is 20.9. The third-order valence-corrected chi connectivity index (χ3v) is 7.01. The summed E-state index contributed by atoms with van der Waals surface area (Å²) in [4.78, 5) is 48.1. The van der Waals surface area contributed by atoms with Gasteiger partial charge in [-0.15, -0.1) is 6.58 Å². The normalized spacial score (nSPS) is 26.4. The molecule has 2 rings (SSSR count). The molecule has 3 unspecified atom stereocenters. The van der Waals surface area contributed by atoms with Crippen molar-refractivity contribution in [2.24, 2.45) is 11.8 Å². The minimum atomic E-state index is -0.997. The largest absolute Gasteiger partial charge is 0.481 e. The van der Waals surface area contributed by atoms with Crippen molar-refractivity contribution >= 4 is 23.8 Å². The second kappa shape index (κ2) is 14.0. The standard InChI is InChI=1S/C25H42N4O5/c1-4-7-20(15-23(31)32)27-24(33)17(3)14-22(30)26-18-10-12-19(13-11-18)28-25(34)29-21-9-6-5-8-16(21)2/h4,16-21H,1,5-15H2,2-3H3,(H,26,30)(H,27,33)(H,31,32)(H2,28,29,34)/t16?,17?,18?,19?,20-,21?/m1/s1. The van der Waals surface area contributed by atoms with Crippen LogP contribution in [-0.2, 0) is 14.4 Å². The zero-order valence-corrected chi connectivity index (χ0v) is 20.6. The van der Waals surface area contributed by atoms with Crippen molar-refractivity contribution in [2.45, 2.75) is 109 Å². The molecule has 0 bridgehead atoms. The first-order chi connectivity index (χ1) is 16.2. The van der Waals surface area contributed by atoms with Crippen LogP contribution in [0.25, 0.3) is 0 Å². The number of carbonyl (C=O) groups excluding carboxylic acids is 3. The Bertz CT molecular complexity index is 720. The molecule has 5 N–H and O–H groups in total. The van der Waals surface area contributed by atoms with Gasteiger partial charge in [0, 0.05) is 36.5 Å². The third-order valence-electron chi connectivity index (χ3n) is 7.01. The van der Waals surface area contributed by atoms with Crippen molar-refractivity contribution in [3.8, 4) is 0 Å². The molecule has 2 aliphatic rings. The highest BCUT2D eigenvalue weighted by Gasteiger charge is 2.27. The zero-order chi connectivity index (χ0) is 25.1. The predicted octanol–water partition coefficient (Wildman–Crippen LogP) is 2.85. The summed E-state index contributed by atoms with van der Waals surface area (Å²) in [7, 11) is 0. The Kier molecular flexibility index (Phi) is 11.4. The van der Waals surface area contributed by atoms with Crippen molar-refractivity contribution < 1.29 is 24.3 Å². The number of nitrogens with one attached hydrogen (secondary N) is 4. The predicted molar refractivity (Wildman–Crippen MR) is 130 cm³/mol. The molecule has 0 aromatic rings. The maximum atomic E-state index is 12.4. The fraction of sp³-hybridized carbons (Fsp3) is 0.760. The summed E-state index contributed by atoms with van der Waals surface area (Å²) in [5.74, 6) is -1.58. The molecule has 0 heterocycles. The molecule has 192 valence electrons. The maximum Gasteiger partial charge on any atom is 0.315 e. The van der Waals surface area contributed by atoms with Crippen LogP contribution < -0.4 is 21.3 Å². The van der Waals surface area contributed by atoms with Crippen molar-refractivity contribution in [3.05, 3.63) is 12.7 Å². The Labute approximate surface area is 202 Å². The number of hydrogen-bond acceptors (Lipinski definition) is 4. The highest BCUT2D eigenvalue weighted by atomic mass is 16.4. The lowest BCUT2D eigenvalue weighted by molar-refractivity contribution is -0.138. The van der Waals surface area contributed by atoms with Gasteiger partial charge in [0.05, 0.1) is 6.42 Å². The zero-order valence-electron chi connectivity index (χ0n) is 20.6. The highest BCUT2D eigenvalue weighted by molar-refractivity contribution is 5.86. The van der Waals surface area contributed by atoms with Crippen LogP contribution in [0.15, 0.2) is 12.7 Å². The summed E-state index contributed by atoms with van der Waals surface area (Å²) >= 11 is 0. The minimum absolute atomic E-state index is 0.0303. The molecule has 9 heteroatoms. The first-order valence-electron chi connectivity index (χ1n) is 12.7. The van der Waals surface area contributed by atoms with Crippen molar-refractivity contribution in [1.82, 2.24) is 21.3 Å². The molecule has 0 radical (unpaired) electrons. The number of hydrogen-bond donors (Lipinski definition) is 5. The molecule has 0 aliphatic heterocycles. The van der Waals surface area contributed by atoms with E-state index in [2.05, 4.69) is 34.8 Å². The second-order valence-corrected chi connectivity index (χ2v) is 10.0. The minimum Gasteiger partial charge on any atom is -0.481 e. The van der Waals surface area contributed by atoms with Gasteiger partial charge in [-0.1, -0.05) is 32.8 Å². The van der Waals surface area contributed by atoms with Crippen LogP contribution in [0.5, 0.6) is 0 Å². The van der Waals surface area contributed by atoms with Gasteiger partial charge in [-0.05, 0) is 50.9 Å². The van der Waals surface area contributed by atoms with E-state index in [4.69, 9.17) is 5.11 Å². The van der Waals surface area contributed by atoms with Crippen LogP contribution in [0.3, 0.4) is 0 Å². The monoisotopic (exact) mass is 478 g/mol. The van der Waals surface area contributed by atoms with Crippen LogP contribution in [0.1, 0.15) is 84.5 Å².